The highest BCUT2D eigenvalue weighted by molar-refractivity contribution is 9.10. The second kappa shape index (κ2) is 6.60. The topological polar surface area (TPSA) is 38.0 Å². The summed E-state index contributed by atoms with van der Waals surface area (Å²) < 4.78 is 0.987. The molecule has 0 bridgehead atoms. The number of benzene rings is 1. The summed E-state index contributed by atoms with van der Waals surface area (Å²) in [4.78, 5) is 0. The van der Waals surface area contributed by atoms with Crippen molar-refractivity contribution >= 4 is 27.5 Å². The zero-order chi connectivity index (χ0) is 12.1. The maximum atomic E-state index is 6.04. The minimum Gasteiger partial charge on any atom is -0.271 e. The second-order valence-electron chi connectivity index (χ2n) is 3.92. The zero-order valence-electron chi connectivity index (χ0n) is 9.63. The molecule has 3 N–H and O–H groups in total. The van der Waals surface area contributed by atoms with Gasteiger partial charge in [0.15, 0.2) is 0 Å². The van der Waals surface area contributed by atoms with E-state index in [1.165, 1.54) is 0 Å². The van der Waals surface area contributed by atoms with Crippen molar-refractivity contribution in [3.8, 4) is 0 Å². The Morgan fingerprint density at radius 2 is 1.94 bits per heavy atom. The number of nitrogens with two attached hydrogens (primary N) is 1. The highest BCUT2D eigenvalue weighted by Gasteiger charge is 2.19. The maximum absolute atomic E-state index is 6.04. The van der Waals surface area contributed by atoms with Crippen LogP contribution in [0.5, 0.6) is 0 Å². The van der Waals surface area contributed by atoms with Gasteiger partial charge in [-0.25, -0.2) is 0 Å². The largest absolute Gasteiger partial charge is 0.271 e. The van der Waals surface area contributed by atoms with Gasteiger partial charge in [0.25, 0.3) is 0 Å². The van der Waals surface area contributed by atoms with Crippen molar-refractivity contribution in [1.82, 2.24) is 5.43 Å². The Bertz CT molecular complexity index is 320. The minimum absolute atomic E-state index is 0.157. The molecule has 0 radical (unpaired) electrons. The van der Waals surface area contributed by atoms with Gasteiger partial charge in [0.1, 0.15) is 0 Å². The van der Waals surface area contributed by atoms with Crippen LogP contribution in [-0.4, -0.2) is 0 Å². The van der Waals surface area contributed by atoms with Crippen LogP contribution in [0.1, 0.15) is 38.3 Å². The molecule has 0 saturated carbocycles. The van der Waals surface area contributed by atoms with Crippen LogP contribution in [-0.2, 0) is 0 Å². The Hall–Kier alpha value is -0.0900. The lowest BCUT2D eigenvalue weighted by atomic mass is 9.89. The summed E-state index contributed by atoms with van der Waals surface area (Å²) in [7, 11) is 0. The number of rotatable bonds is 5. The number of hydrogen-bond donors (Lipinski definition) is 2. The predicted octanol–water partition coefficient (Wildman–Crippen LogP) is 4.04. The third kappa shape index (κ3) is 3.45. The average Bonchev–Trinajstić information content (AvgIpc) is 2.24. The number of hydrogen-bond acceptors (Lipinski definition) is 2. The molecule has 0 saturated heterocycles. The Kier molecular flexibility index (Phi) is 5.76. The molecule has 90 valence electrons. The molecule has 1 atom stereocenters. The standard InChI is InChI=1S/C12H18BrClN2/c1-3-8(4-2)12(16-15)9-5-10(13)7-11(14)6-9/h5-8,12,16H,3-4,15H2,1-2H3. The van der Waals surface area contributed by atoms with Gasteiger partial charge >= 0.3 is 0 Å². The summed E-state index contributed by atoms with van der Waals surface area (Å²) >= 11 is 9.49. The van der Waals surface area contributed by atoms with Gasteiger partial charge in [-0.1, -0.05) is 54.2 Å². The SMILES string of the molecule is CCC(CC)C(NN)c1cc(Cl)cc(Br)c1. The maximum Gasteiger partial charge on any atom is 0.0488 e. The van der Waals surface area contributed by atoms with Crippen LogP contribution in [0.25, 0.3) is 0 Å². The van der Waals surface area contributed by atoms with E-state index in [1.807, 2.05) is 12.1 Å². The quantitative estimate of drug-likeness (QED) is 0.636. The lowest BCUT2D eigenvalue weighted by Gasteiger charge is -2.25. The summed E-state index contributed by atoms with van der Waals surface area (Å²) in [6, 6.07) is 6.07. The smallest absolute Gasteiger partial charge is 0.0488 e. The summed E-state index contributed by atoms with van der Waals surface area (Å²) in [5.74, 6) is 6.17. The predicted molar refractivity (Wildman–Crippen MR) is 73.3 cm³/mol. The fourth-order valence-corrected chi connectivity index (χ4v) is 2.91. The lowest BCUT2D eigenvalue weighted by Crippen LogP contribution is -2.33. The summed E-state index contributed by atoms with van der Waals surface area (Å²) in [5.41, 5.74) is 4.03. The molecule has 0 fully saturated rings. The van der Waals surface area contributed by atoms with Gasteiger partial charge < -0.3 is 0 Å². The van der Waals surface area contributed by atoms with Gasteiger partial charge in [-0.05, 0) is 29.7 Å². The molecule has 0 aliphatic carbocycles. The first-order chi connectivity index (χ1) is 7.62. The molecular formula is C12H18BrClN2. The van der Waals surface area contributed by atoms with Gasteiger partial charge in [0.2, 0.25) is 0 Å². The van der Waals surface area contributed by atoms with Crippen LogP contribution in [0.3, 0.4) is 0 Å². The van der Waals surface area contributed by atoms with Gasteiger partial charge in [-0.15, -0.1) is 0 Å². The molecule has 0 heterocycles. The van der Waals surface area contributed by atoms with Gasteiger partial charge in [-0.3, -0.25) is 11.3 Å². The highest BCUT2D eigenvalue weighted by Crippen LogP contribution is 2.30. The number of nitrogens with one attached hydrogen (secondary N) is 1. The van der Waals surface area contributed by atoms with Crippen LogP contribution in [0.15, 0.2) is 22.7 Å². The molecule has 0 aliphatic heterocycles. The molecule has 16 heavy (non-hydrogen) atoms. The monoisotopic (exact) mass is 304 g/mol. The van der Waals surface area contributed by atoms with Crippen molar-refractivity contribution in [2.45, 2.75) is 32.7 Å². The van der Waals surface area contributed by atoms with Gasteiger partial charge in [0.05, 0.1) is 0 Å². The molecule has 0 spiro atoms. The molecule has 1 aromatic carbocycles. The Labute approximate surface area is 111 Å². The van der Waals surface area contributed by atoms with Crippen LogP contribution in [0, 0.1) is 5.92 Å². The van der Waals surface area contributed by atoms with Gasteiger partial charge in [0, 0.05) is 15.5 Å². The summed E-state index contributed by atoms with van der Waals surface area (Å²) in [6.45, 7) is 4.36. The van der Waals surface area contributed by atoms with Crippen molar-refractivity contribution in [2.24, 2.45) is 11.8 Å². The van der Waals surface area contributed by atoms with Crippen LogP contribution in [0.4, 0.5) is 0 Å². The Balaban J connectivity index is 3.02. The molecule has 1 rings (SSSR count). The van der Waals surface area contributed by atoms with E-state index < -0.39 is 0 Å². The Morgan fingerprint density at radius 3 is 2.38 bits per heavy atom. The molecule has 2 nitrogen and oxygen atoms in total. The highest BCUT2D eigenvalue weighted by atomic mass is 79.9. The van der Waals surface area contributed by atoms with E-state index in [0.29, 0.717) is 5.92 Å². The summed E-state index contributed by atoms with van der Waals surface area (Å²) in [5, 5.41) is 0.732. The van der Waals surface area contributed by atoms with Crippen LogP contribution < -0.4 is 11.3 Å². The third-order valence-corrected chi connectivity index (χ3v) is 3.62. The van der Waals surface area contributed by atoms with Crippen molar-refractivity contribution < 1.29 is 0 Å². The first kappa shape index (κ1) is 14.0. The molecule has 0 amide bonds. The van der Waals surface area contributed by atoms with E-state index in [1.54, 1.807) is 0 Å². The third-order valence-electron chi connectivity index (χ3n) is 2.94. The molecular weight excluding hydrogens is 288 g/mol. The molecule has 0 aliphatic rings. The summed E-state index contributed by atoms with van der Waals surface area (Å²) in [6.07, 6.45) is 2.19. The minimum atomic E-state index is 0.157. The van der Waals surface area contributed by atoms with Gasteiger partial charge in [-0.2, -0.15) is 0 Å². The van der Waals surface area contributed by atoms with E-state index >= 15 is 0 Å². The van der Waals surface area contributed by atoms with E-state index in [-0.39, 0.29) is 6.04 Å². The van der Waals surface area contributed by atoms with Crippen LogP contribution >= 0.6 is 27.5 Å². The lowest BCUT2D eigenvalue weighted by molar-refractivity contribution is 0.345. The van der Waals surface area contributed by atoms with Crippen LogP contribution in [0.2, 0.25) is 5.02 Å². The van der Waals surface area contributed by atoms with Crippen molar-refractivity contribution in [3.63, 3.8) is 0 Å². The van der Waals surface area contributed by atoms with E-state index in [9.17, 15) is 0 Å². The Morgan fingerprint density at radius 1 is 1.31 bits per heavy atom. The van der Waals surface area contributed by atoms with Crippen molar-refractivity contribution in [3.05, 3.63) is 33.3 Å². The second-order valence-corrected chi connectivity index (χ2v) is 5.28. The molecule has 1 unspecified atom stereocenters. The zero-order valence-corrected chi connectivity index (χ0v) is 12.0. The molecule has 0 aromatic heterocycles. The van der Waals surface area contributed by atoms with Crippen molar-refractivity contribution in [2.75, 3.05) is 0 Å². The average molecular weight is 306 g/mol. The number of hydrazine groups is 1. The van der Waals surface area contributed by atoms with E-state index in [0.717, 1.165) is 27.9 Å². The normalized spacial score (nSPS) is 13.1. The molecule has 1 aromatic rings. The van der Waals surface area contributed by atoms with Crippen molar-refractivity contribution in [1.29, 1.82) is 0 Å². The fourth-order valence-electron chi connectivity index (χ4n) is 2.02. The van der Waals surface area contributed by atoms with E-state index in [2.05, 4.69) is 41.3 Å². The molecule has 4 heteroatoms. The fraction of sp³-hybridized carbons (Fsp3) is 0.500. The number of halogens is 2. The first-order valence-electron chi connectivity index (χ1n) is 5.54. The first-order valence-corrected chi connectivity index (χ1v) is 6.71. The van der Waals surface area contributed by atoms with E-state index in [4.69, 9.17) is 17.4 Å².